The molecule has 0 saturated carbocycles. The van der Waals surface area contributed by atoms with Gasteiger partial charge in [-0.15, -0.1) is 23.5 Å². The van der Waals surface area contributed by atoms with Crippen molar-refractivity contribution < 1.29 is 10.2 Å². The molecular weight excluding hydrogens is 596 g/mol. The van der Waals surface area contributed by atoms with E-state index >= 15 is 0 Å². The topological polar surface area (TPSA) is 40.5 Å². The Morgan fingerprint density at radius 2 is 0.957 bits per heavy atom. The first-order chi connectivity index (χ1) is 10.6. The highest BCUT2D eigenvalue weighted by Crippen LogP contribution is 2.49. The molecule has 0 heterocycles. The van der Waals surface area contributed by atoms with Crippen molar-refractivity contribution in [2.75, 3.05) is 0 Å². The molecule has 0 aliphatic rings. The van der Waals surface area contributed by atoms with Gasteiger partial charge in [0.05, 0.1) is 22.0 Å². The molecule has 2 nitrogen and oxygen atoms in total. The first kappa shape index (κ1) is 20.0. The third-order valence-electron chi connectivity index (χ3n) is 2.71. The molecule has 0 atom stereocenters. The smallest absolute Gasteiger partial charge is 0.144 e. The first-order valence-electron chi connectivity index (χ1n) is 6.33. The van der Waals surface area contributed by atoms with Crippen LogP contribution in [0, 0.1) is 0 Å². The van der Waals surface area contributed by atoms with E-state index in [2.05, 4.69) is 77.6 Å². The van der Waals surface area contributed by atoms with E-state index in [1.165, 1.54) is 0 Å². The molecule has 0 spiro atoms. The summed E-state index contributed by atoms with van der Waals surface area (Å²) in [6.45, 7) is 4.26. The summed E-state index contributed by atoms with van der Waals surface area (Å²) < 4.78 is 2.48. The summed E-state index contributed by atoms with van der Waals surface area (Å²) >= 11 is 16.8. The number of rotatable bonds is 4. The predicted octanol–water partition coefficient (Wildman–Crippen LogP) is 7.77. The zero-order valence-corrected chi connectivity index (χ0v) is 20.0. The number of hydrogen-bond donors (Lipinski definition) is 2. The van der Waals surface area contributed by atoms with Gasteiger partial charge in [0, 0.05) is 9.79 Å². The molecule has 8 heteroatoms. The summed E-state index contributed by atoms with van der Waals surface area (Å²) in [6, 6.07) is 7.59. The second-order valence-corrected chi connectivity index (χ2v) is 12.1. The average molecular weight is 608 g/mol. The Labute approximate surface area is 177 Å². The molecule has 0 aromatic heterocycles. The molecule has 2 N–H and O–H groups in total. The fourth-order valence-electron chi connectivity index (χ4n) is 1.79. The van der Waals surface area contributed by atoms with E-state index in [4.69, 9.17) is 0 Å². The predicted molar refractivity (Wildman–Crippen MR) is 113 cm³/mol. The zero-order chi connectivity index (χ0) is 17.4. The van der Waals surface area contributed by atoms with Gasteiger partial charge in [-0.1, -0.05) is 0 Å². The Morgan fingerprint density at radius 3 is 1.22 bits per heavy atom. The quantitative estimate of drug-likeness (QED) is 0.275. The van der Waals surface area contributed by atoms with Crippen LogP contribution in [0.1, 0.15) is 13.8 Å². The van der Waals surface area contributed by atoms with Gasteiger partial charge in [-0.25, -0.2) is 0 Å². The molecule has 0 aliphatic heterocycles. The molecule has 0 radical (unpaired) electrons. The summed E-state index contributed by atoms with van der Waals surface area (Å²) in [5.41, 5.74) is 0. The third-order valence-corrected chi connectivity index (χ3v) is 7.55. The van der Waals surface area contributed by atoms with Gasteiger partial charge in [-0.3, -0.25) is 0 Å². The highest BCUT2D eigenvalue weighted by Gasteiger charge is 2.23. The van der Waals surface area contributed by atoms with Gasteiger partial charge in [-0.05, 0) is 102 Å². The molecule has 2 aromatic rings. The van der Waals surface area contributed by atoms with Crippen molar-refractivity contribution in [2.45, 2.75) is 27.7 Å². The van der Waals surface area contributed by atoms with E-state index < -0.39 is 0 Å². The molecule has 0 unspecified atom stereocenters. The van der Waals surface area contributed by atoms with E-state index in [-0.39, 0.29) is 15.6 Å². The largest absolute Gasteiger partial charge is 0.506 e. The van der Waals surface area contributed by atoms with Crippen LogP contribution in [0.4, 0.5) is 0 Å². The van der Waals surface area contributed by atoms with Crippen LogP contribution in [-0.2, 0) is 0 Å². The van der Waals surface area contributed by atoms with Crippen molar-refractivity contribution in [3.05, 3.63) is 42.2 Å². The zero-order valence-electron chi connectivity index (χ0n) is 12.0. The number of benzene rings is 2. The highest BCUT2D eigenvalue weighted by molar-refractivity contribution is 9.11. The van der Waals surface area contributed by atoms with E-state index in [0.717, 1.165) is 9.79 Å². The molecule has 124 valence electrons. The number of aromatic hydroxyl groups is 2. The molecule has 0 aliphatic carbocycles. The van der Waals surface area contributed by atoms with Crippen LogP contribution in [0.2, 0.25) is 0 Å². The van der Waals surface area contributed by atoms with E-state index in [1.54, 1.807) is 23.5 Å². The second kappa shape index (κ2) is 7.91. The van der Waals surface area contributed by atoms with Gasteiger partial charge in [0.15, 0.2) is 0 Å². The van der Waals surface area contributed by atoms with Crippen molar-refractivity contribution in [3.8, 4) is 11.5 Å². The van der Waals surface area contributed by atoms with Crippen molar-refractivity contribution in [3.63, 3.8) is 0 Å². The normalized spacial score (nSPS) is 11.7. The van der Waals surface area contributed by atoms with Gasteiger partial charge in [0.2, 0.25) is 0 Å². The molecule has 0 fully saturated rings. The van der Waals surface area contributed by atoms with Crippen LogP contribution in [-0.4, -0.2) is 14.3 Å². The lowest BCUT2D eigenvalue weighted by Gasteiger charge is -2.24. The Hall–Kier alpha value is 0.660. The summed E-state index contributed by atoms with van der Waals surface area (Å²) in [5.74, 6) is 0.400. The van der Waals surface area contributed by atoms with Crippen LogP contribution in [0.15, 0.2) is 51.9 Å². The van der Waals surface area contributed by atoms with Crippen LogP contribution in [0.25, 0.3) is 0 Å². The molecule has 2 rings (SSSR count). The first-order valence-corrected chi connectivity index (χ1v) is 11.1. The summed E-state index contributed by atoms with van der Waals surface area (Å²) in [4.78, 5) is 2.08. The Kier molecular flexibility index (Phi) is 6.87. The number of phenols is 2. The van der Waals surface area contributed by atoms with Crippen LogP contribution < -0.4 is 0 Å². The minimum absolute atomic E-state index is 0.147. The van der Waals surface area contributed by atoms with Gasteiger partial charge < -0.3 is 10.2 Å². The minimum atomic E-state index is -0.147. The van der Waals surface area contributed by atoms with Crippen molar-refractivity contribution in [1.82, 2.24) is 0 Å². The number of halogens is 4. The van der Waals surface area contributed by atoms with E-state index in [0.29, 0.717) is 17.9 Å². The lowest BCUT2D eigenvalue weighted by Crippen LogP contribution is -2.08. The maximum absolute atomic E-state index is 9.81. The third kappa shape index (κ3) is 5.31. The molecule has 0 saturated heterocycles. The standard InChI is InChI=1S/C15H12Br4O2S2/c1-15(2,22-7-3-9(16)13(20)10(17)4-7)23-8-5-11(18)14(21)12(19)6-8/h3-6,20-21H,1-2H3. The fourth-order valence-corrected chi connectivity index (χ4v) is 7.36. The highest BCUT2D eigenvalue weighted by atomic mass is 79.9. The van der Waals surface area contributed by atoms with Gasteiger partial charge in [-0.2, -0.15) is 0 Å². The lowest BCUT2D eigenvalue weighted by atomic mass is 10.3. The minimum Gasteiger partial charge on any atom is -0.506 e. The lowest BCUT2D eigenvalue weighted by molar-refractivity contribution is 0.467. The Bertz CT molecular complexity index is 643. The average Bonchev–Trinajstić information content (AvgIpc) is 2.41. The van der Waals surface area contributed by atoms with Crippen LogP contribution in [0.5, 0.6) is 11.5 Å². The molecule has 0 bridgehead atoms. The van der Waals surface area contributed by atoms with Crippen molar-refractivity contribution >= 4 is 87.2 Å². The number of thioether (sulfide) groups is 2. The van der Waals surface area contributed by atoms with E-state index in [9.17, 15) is 10.2 Å². The van der Waals surface area contributed by atoms with Gasteiger partial charge >= 0.3 is 0 Å². The molecular formula is C15H12Br4O2S2. The monoisotopic (exact) mass is 604 g/mol. The maximum atomic E-state index is 9.81. The summed E-state index contributed by atoms with van der Waals surface area (Å²) in [7, 11) is 0. The van der Waals surface area contributed by atoms with Crippen molar-refractivity contribution in [2.24, 2.45) is 0 Å². The van der Waals surface area contributed by atoms with Crippen LogP contribution >= 0.6 is 87.2 Å². The summed E-state index contributed by atoms with van der Waals surface area (Å²) in [5, 5.41) is 19.6. The van der Waals surface area contributed by atoms with Gasteiger partial charge in [0.25, 0.3) is 0 Å². The Balaban J connectivity index is 2.22. The van der Waals surface area contributed by atoms with E-state index in [1.807, 2.05) is 24.3 Å². The summed E-state index contributed by atoms with van der Waals surface area (Å²) in [6.07, 6.45) is 0. The molecule has 23 heavy (non-hydrogen) atoms. The van der Waals surface area contributed by atoms with Crippen LogP contribution in [0.3, 0.4) is 0 Å². The molecule has 2 aromatic carbocycles. The maximum Gasteiger partial charge on any atom is 0.144 e. The number of hydrogen-bond acceptors (Lipinski definition) is 4. The molecule has 0 amide bonds. The van der Waals surface area contributed by atoms with Crippen molar-refractivity contribution in [1.29, 1.82) is 0 Å². The Morgan fingerprint density at radius 1 is 0.696 bits per heavy atom. The second-order valence-electron chi connectivity index (χ2n) is 5.08. The number of phenolic OH excluding ortho intramolecular Hbond substituents is 2. The SMILES string of the molecule is CC(C)(Sc1cc(Br)c(O)c(Br)c1)Sc1cc(Br)c(O)c(Br)c1. The van der Waals surface area contributed by atoms with Gasteiger partial charge in [0.1, 0.15) is 11.5 Å². The fraction of sp³-hybridized carbons (Fsp3) is 0.200.